The van der Waals surface area contributed by atoms with Gasteiger partial charge in [-0.2, -0.15) is 0 Å². The van der Waals surface area contributed by atoms with Gasteiger partial charge >= 0.3 is 0 Å². The maximum absolute atomic E-state index is 13.3. The first-order chi connectivity index (χ1) is 15.6. The van der Waals surface area contributed by atoms with Crippen LogP contribution in [0.2, 0.25) is 0 Å². The van der Waals surface area contributed by atoms with Crippen molar-refractivity contribution in [3.8, 4) is 11.5 Å². The molecule has 170 valence electrons. The molecule has 2 aromatic rings. The predicted octanol–water partition coefficient (Wildman–Crippen LogP) is 2.65. The number of hydrogen-bond acceptors (Lipinski definition) is 5. The average molecular weight is 438 g/mol. The molecular weight excluding hydrogens is 406 g/mol. The van der Waals surface area contributed by atoms with Crippen molar-refractivity contribution in [3.63, 3.8) is 0 Å². The lowest BCUT2D eigenvalue weighted by Gasteiger charge is -2.27. The van der Waals surface area contributed by atoms with Crippen LogP contribution in [0.5, 0.6) is 11.5 Å². The Balaban J connectivity index is 1.41. The molecule has 2 saturated heterocycles. The van der Waals surface area contributed by atoms with Gasteiger partial charge in [0.25, 0.3) is 5.91 Å². The summed E-state index contributed by atoms with van der Waals surface area (Å²) in [5.41, 5.74) is 1.61. The summed E-state index contributed by atoms with van der Waals surface area (Å²) in [6, 6.07) is 15.4. The molecule has 0 N–H and O–H groups in total. The van der Waals surface area contributed by atoms with Crippen LogP contribution in [0.1, 0.15) is 28.8 Å². The third-order valence-electron chi connectivity index (χ3n) is 6.39. The molecule has 2 aromatic carbocycles. The van der Waals surface area contributed by atoms with Gasteiger partial charge in [0.05, 0.1) is 20.3 Å². The minimum atomic E-state index is -0.102. The Kier molecular flexibility index (Phi) is 6.95. The molecule has 0 unspecified atom stereocenters. The van der Waals surface area contributed by atoms with Crippen molar-refractivity contribution in [1.29, 1.82) is 0 Å². The summed E-state index contributed by atoms with van der Waals surface area (Å²) in [5, 5.41) is 0. The number of carbonyl (C=O) groups is 2. The highest BCUT2D eigenvalue weighted by Gasteiger charge is 2.37. The molecule has 0 aliphatic carbocycles. The van der Waals surface area contributed by atoms with Gasteiger partial charge in [0, 0.05) is 39.3 Å². The Hall–Kier alpha value is -3.06. The number of methoxy groups -OCH3 is 2. The molecule has 2 amide bonds. The molecule has 4 rings (SSSR count). The minimum Gasteiger partial charge on any atom is -0.496 e. The standard InChI is InChI=1S/C25H31N3O4/c1-31-21-10-6-11-22(32-2)23(21)25(30)27-14-7-13-26(16-17-27)20-12-15-28(24(20)29)18-19-8-4-3-5-9-19/h3-6,8-11,20H,7,12-18H2,1-2H3/t20-/m1/s1. The van der Waals surface area contributed by atoms with Crippen molar-refractivity contribution in [2.45, 2.75) is 25.4 Å². The fraction of sp³-hybridized carbons (Fsp3) is 0.440. The van der Waals surface area contributed by atoms with Crippen LogP contribution in [0.3, 0.4) is 0 Å². The van der Waals surface area contributed by atoms with Gasteiger partial charge in [-0.15, -0.1) is 0 Å². The molecule has 32 heavy (non-hydrogen) atoms. The Morgan fingerprint density at radius 3 is 2.31 bits per heavy atom. The normalized spacial score (nSPS) is 19.7. The number of benzene rings is 2. The molecule has 1 atom stereocenters. The maximum atomic E-state index is 13.3. The number of rotatable bonds is 6. The van der Waals surface area contributed by atoms with Crippen molar-refractivity contribution < 1.29 is 19.1 Å². The van der Waals surface area contributed by atoms with Crippen LogP contribution in [0.25, 0.3) is 0 Å². The molecule has 2 aliphatic rings. The summed E-state index contributed by atoms with van der Waals surface area (Å²) in [6.45, 7) is 4.13. The molecule has 0 saturated carbocycles. The van der Waals surface area contributed by atoms with Gasteiger partial charge in [-0.1, -0.05) is 36.4 Å². The largest absolute Gasteiger partial charge is 0.496 e. The number of ether oxygens (including phenoxy) is 2. The summed E-state index contributed by atoms with van der Waals surface area (Å²) < 4.78 is 10.8. The topological polar surface area (TPSA) is 62.3 Å². The highest BCUT2D eigenvalue weighted by molar-refractivity contribution is 5.99. The van der Waals surface area contributed by atoms with E-state index in [1.165, 1.54) is 0 Å². The summed E-state index contributed by atoms with van der Waals surface area (Å²) in [6.07, 6.45) is 1.66. The zero-order valence-corrected chi connectivity index (χ0v) is 18.8. The van der Waals surface area contributed by atoms with E-state index in [4.69, 9.17) is 9.47 Å². The summed E-state index contributed by atoms with van der Waals surface area (Å²) >= 11 is 0. The van der Waals surface area contributed by atoms with E-state index in [1.807, 2.05) is 34.1 Å². The third-order valence-corrected chi connectivity index (χ3v) is 6.39. The highest BCUT2D eigenvalue weighted by Crippen LogP contribution is 2.30. The van der Waals surface area contributed by atoms with Crippen LogP contribution in [-0.2, 0) is 11.3 Å². The van der Waals surface area contributed by atoms with Crippen LogP contribution in [0.4, 0.5) is 0 Å². The number of amides is 2. The van der Waals surface area contributed by atoms with E-state index in [0.717, 1.165) is 31.5 Å². The lowest BCUT2D eigenvalue weighted by atomic mass is 10.1. The molecule has 0 radical (unpaired) electrons. The second kappa shape index (κ2) is 10.0. The molecule has 0 aromatic heterocycles. The Morgan fingerprint density at radius 2 is 1.62 bits per heavy atom. The number of likely N-dealkylation sites (tertiary alicyclic amines) is 1. The SMILES string of the molecule is COc1cccc(OC)c1C(=O)N1CCCN([C@@H]2CCN(Cc3ccccc3)C2=O)CC1. The zero-order chi connectivity index (χ0) is 22.5. The van der Waals surface area contributed by atoms with E-state index in [1.54, 1.807) is 26.4 Å². The monoisotopic (exact) mass is 437 g/mol. The first-order valence-corrected chi connectivity index (χ1v) is 11.2. The molecule has 0 bridgehead atoms. The number of carbonyl (C=O) groups excluding carboxylic acids is 2. The van der Waals surface area contributed by atoms with Gasteiger partial charge in [-0.3, -0.25) is 14.5 Å². The Labute approximate surface area is 189 Å². The van der Waals surface area contributed by atoms with Gasteiger partial charge in [0.1, 0.15) is 17.1 Å². The first kappa shape index (κ1) is 22.1. The minimum absolute atomic E-state index is 0.0930. The van der Waals surface area contributed by atoms with E-state index in [-0.39, 0.29) is 17.9 Å². The Bertz CT molecular complexity index is 927. The first-order valence-electron chi connectivity index (χ1n) is 11.2. The highest BCUT2D eigenvalue weighted by atomic mass is 16.5. The van der Waals surface area contributed by atoms with Gasteiger partial charge in [-0.05, 0) is 30.5 Å². The van der Waals surface area contributed by atoms with Crippen LogP contribution < -0.4 is 9.47 Å². The predicted molar refractivity (Wildman–Crippen MR) is 122 cm³/mol. The van der Waals surface area contributed by atoms with Crippen LogP contribution in [0.15, 0.2) is 48.5 Å². The summed E-state index contributed by atoms with van der Waals surface area (Å²) in [5.74, 6) is 1.13. The van der Waals surface area contributed by atoms with Crippen molar-refractivity contribution in [1.82, 2.24) is 14.7 Å². The quantitative estimate of drug-likeness (QED) is 0.695. The Morgan fingerprint density at radius 1 is 0.906 bits per heavy atom. The molecular formula is C25H31N3O4. The molecule has 2 heterocycles. The molecule has 0 spiro atoms. The van der Waals surface area contributed by atoms with Crippen LogP contribution >= 0.6 is 0 Å². The number of hydrogen-bond donors (Lipinski definition) is 0. The lowest BCUT2D eigenvalue weighted by molar-refractivity contribution is -0.132. The van der Waals surface area contributed by atoms with E-state index < -0.39 is 0 Å². The molecule has 2 fully saturated rings. The zero-order valence-electron chi connectivity index (χ0n) is 18.8. The van der Waals surface area contributed by atoms with E-state index in [2.05, 4.69) is 17.0 Å². The van der Waals surface area contributed by atoms with Crippen molar-refractivity contribution in [2.24, 2.45) is 0 Å². The van der Waals surface area contributed by atoms with Gasteiger partial charge in [0.2, 0.25) is 5.91 Å². The van der Waals surface area contributed by atoms with Gasteiger partial charge in [-0.25, -0.2) is 0 Å². The fourth-order valence-electron chi connectivity index (χ4n) is 4.69. The third kappa shape index (κ3) is 4.58. The van der Waals surface area contributed by atoms with Crippen LogP contribution in [-0.4, -0.2) is 79.5 Å². The van der Waals surface area contributed by atoms with Gasteiger partial charge in [0.15, 0.2) is 0 Å². The fourth-order valence-corrected chi connectivity index (χ4v) is 4.69. The number of nitrogens with zero attached hydrogens (tertiary/aromatic N) is 3. The van der Waals surface area contributed by atoms with E-state index in [9.17, 15) is 9.59 Å². The van der Waals surface area contributed by atoms with Crippen molar-refractivity contribution in [2.75, 3.05) is 46.9 Å². The molecule has 2 aliphatic heterocycles. The second-order valence-corrected chi connectivity index (χ2v) is 8.27. The van der Waals surface area contributed by atoms with Gasteiger partial charge < -0.3 is 19.3 Å². The lowest BCUT2D eigenvalue weighted by Crippen LogP contribution is -2.44. The maximum Gasteiger partial charge on any atom is 0.261 e. The molecule has 7 heteroatoms. The average Bonchev–Trinajstić information content (AvgIpc) is 3.03. The summed E-state index contributed by atoms with van der Waals surface area (Å²) in [7, 11) is 3.12. The second-order valence-electron chi connectivity index (χ2n) is 8.27. The van der Waals surface area contributed by atoms with Crippen molar-refractivity contribution in [3.05, 3.63) is 59.7 Å². The smallest absolute Gasteiger partial charge is 0.261 e. The summed E-state index contributed by atoms with van der Waals surface area (Å²) in [4.78, 5) is 32.5. The van der Waals surface area contributed by atoms with E-state index in [0.29, 0.717) is 43.2 Å². The van der Waals surface area contributed by atoms with E-state index >= 15 is 0 Å². The van der Waals surface area contributed by atoms with Crippen LogP contribution in [0, 0.1) is 0 Å². The molecule has 7 nitrogen and oxygen atoms in total. The van der Waals surface area contributed by atoms with Crippen molar-refractivity contribution >= 4 is 11.8 Å².